The first-order valence-electron chi connectivity index (χ1n) is 10.7. The third kappa shape index (κ3) is 6.78. The Hall–Kier alpha value is -0.440. The number of halogens is 2. The van der Waals surface area contributed by atoms with Crippen LogP contribution in [-0.2, 0) is 37.1 Å². The first kappa shape index (κ1) is 28.6. The maximum atomic E-state index is 6.78. The van der Waals surface area contributed by atoms with Gasteiger partial charge in [-0.1, -0.05) is 73.2 Å². The molecule has 2 unspecified atom stereocenters. The fraction of sp³-hybridized carbons (Fsp3) is 0.385. The SMILES string of the molecule is CC(CCC(O[Si](C)(C)C)c1cccc2c1-c1ccccc1C2)C1=CC=CC1.[Cl-].[Cl-].[Zr+2]. The Balaban J connectivity index is 0.00000160. The molecule has 0 fully saturated rings. The summed E-state index contributed by atoms with van der Waals surface area (Å²) < 4.78 is 6.78. The molecule has 0 aromatic heterocycles. The standard InChI is InChI=1S/C26H32OSi.2ClH.Zr/c1-19(20-10-5-6-11-20)16-17-25(27-28(2,3)4)24-15-9-13-22-18-21-12-7-8-14-23(21)26(22)24;;;/h5-10,12-15,19,25H,11,16-18H2,1-4H3;2*1H;/q;;;+2/p-2. The van der Waals surface area contributed by atoms with E-state index in [9.17, 15) is 0 Å². The first-order chi connectivity index (χ1) is 13.4. The van der Waals surface area contributed by atoms with Crippen LogP contribution in [0.3, 0.4) is 0 Å². The fourth-order valence-electron chi connectivity index (χ4n) is 4.61. The normalized spacial score (nSPS) is 15.5. The van der Waals surface area contributed by atoms with Gasteiger partial charge < -0.3 is 29.2 Å². The quantitative estimate of drug-likeness (QED) is 0.405. The van der Waals surface area contributed by atoms with E-state index >= 15 is 0 Å². The molecule has 2 aromatic rings. The molecule has 0 bridgehead atoms. The Bertz CT molecular complexity index is 933. The molecule has 2 aliphatic rings. The molecule has 0 saturated heterocycles. The Morgan fingerprint density at radius 3 is 2.32 bits per heavy atom. The molecular formula is C26H32Cl2OSiZr. The summed E-state index contributed by atoms with van der Waals surface area (Å²) in [5, 5.41) is 0. The molecule has 0 amide bonds. The third-order valence-electron chi connectivity index (χ3n) is 5.99. The van der Waals surface area contributed by atoms with Crippen molar-refractivity contribution in [2.45, 2.75) is 58.4 Å². The molecule has 0 N–H and O–H groups in total. The van der Waals surface area contributed by atoms with Gasteiger partial charge in [-0.2, -0.15) is 0 Å². The summed E-state index contributed by atoms with van der Waals surface area (Å²) >= 11 is 0. The van der Waals surface area contributed by atoms with Crippen molar-refractivity contribution in [3.8, 4) is 11.1 Å². The summed E-state index contributed by atoms with van der Waals surface area (Å²) in [4.78, 5) is 0. The van der Waals surface area contributed by atoms with Crippen LogP contribution in [0, 0.1) is 5.92 Å². The molecule has 0 heterocycles. The summed E-state index contributed by atoms with van der Waals surface area (Å²) in [5.41, 5.74) is 8.72. The number of benzene rings is 2. The van der Waals surface area contributed by atoms with Gasteiger partial charge in [-0.15, -0.1) is 0 Å². The van der Waals surface area contributed by atoms with E-state index in [4.69, 9.17) is 4.43 Å². The molecule has 164 valence electrons. The van der Waals surface area contributed by atoms with E-state index in [0.29, 0.717) is 5.92 Å². The first-order valence-corrected chi connectivity index (χ1v) is 14.1. The molecule has 0 saturated carbocycles. The van der Waals surface area contributed by atoms with Gasteiger partial charge in [-0.3, -0.25) is 0 Å². The van der Waals surface area contributed by atoms with E-state index in [0.717, 1.165) is 19.3 Å². The largest absolute Gasteiger partial charge is 2.00 e. The fourth-order valence-corrected chi connectivity index (χ4v) is 5.71. The van der Waals surface area contributed by atoms with E-state index in [2.05, 4.69) is 87.3 Å². The summed E-state index contributed by atoms with van der Waals surface area (Å²) in [5.74, 6) is 0.617. The van der Waals surface area contributed by atoms with E-state index in [1.165, 1.54) is 34.2 Å². The van der Waals surface area contributed by atoms with Crippen molar-refractivity contribution < 1.29 is 55.4 Å². The number of hydrogen-bond donors (Lipinski definition) is 0. The summed E-state index contributed by atoms with van der Waals surface area (Å²) in [6, 6.07) is 15.7. The second-order valence-corrected chi connectivity index (χ2v) is 13.7. The van der Waals surface area contributed by atoms with Crippen LogP contribution in [0.4, 0.5) is 0 Å². The molecule has 5 heteroatoms. The molecule has 2 aliphatic carbocycles. The van der Waals surface area contributed by atoms with Crippen LogP contribution in [0.1, 0.15) is 49.0 Å². The summed E-state index contributed by atoms with van der Waals surface area (Å²) in [7, 11) is -1.66. The third-order valence-corrected chi connectivity index (χ3v) is 6.98. The molecule has 0 spiro atoms. The van der Waals surface area contributed by atoms with Crippen molar-refractivity contribution in [1.29, 1.82) is 0 Å². The molecule has 31 heavy (non-hydrogen) atoms. The summed E-state index contributed by atoms with van der Waals surface area (Å²) in [6.07, 6.45) is 11.4. The van der Waals surface area contributed by atoms with Crippen molar-refractivity contribution in [2.24, 2.45) is 5.92 Å². The molecule has 0 aliphatic heterocycles. The van der Waals surface area contributed by atoms with Gasteiger partial charge in [0, 0.05) is 0 Å². The van der Waals surface area contributed by atoms with Crippen LogP contribution in [-0.4, -0.2) is 8.32 Å². The Morgan fingerprint density at radius 1 is 0.935 bits per heavy atom. The van der Waals surface area contributed by atoms with Gasteiger partial charge in [0.1, 0.15) is 0 Å². The summed E-state index contributed by atoms with van der Waals surface area (Å²) in [6.45, 7) is 9.30. The number of fused-ring (bicyclic) bond motifs is 3. The van der Waals surface area contributed by atoms with Crippen molar-refractivity contribution in [3.05, 3.63) is 83.0 Å². The predicted molar refractivity (Wildman–Crippen MR) is 122 cm³/mol. The Labute approximate surface area is 220 Å². The van der Waals surface area contributed by atoms with Crippen molar-refractivity contribution >= 4 is 8.32 Å². The van der Waals surface area contributed by atoms with E-state index in [1.807, 2.05) is 0 Å². The van der Waals surface area contributed by atoms with E-state index in [1.54, 1.807) is 5.57 Å². The Kier molecular flexibility index (Phi) is 11.2. The van der Waals surface area contributed by atoms with Gasteiger partial charge in [-0.25, -0.2) is 0 Å². The van der Waals surface area contributed by atoms with Gasteiger partial charge in [0.25, 0.3) is 0 Å². The van der Waals surface area contributed by atoms with Gasteiger partial charge in [0.2, 0.25) is 0 Å². The minimum atomic E-state index is -1.66. The van der Waals surface area contributed by atoms with Crippen molar-refractivity contribution in [3.63, 3.8) is 0 Å². The zero-order valence-corrected chi connectivity index (χ0v) is 23.9. The van der Waals surface area contributed by atoms with E-state index in [-0.39, 0.29) is 57.1 Å². The Morgan fingerprint density at radius 2 is 1.65 bits per heavy atom. The van der Waals surface area contributed by atoms with Gasteiger partial charge in [0.05, 0.1) is 6.10 Å². The van der Waals surface area contributed by atoms with Crippen LogP contribution >= 0.6 is 0 Å². The number of hydrogen-bond acceptors (Lipinski definition) is 1. The van der Waals surface area contributed by atoms with Crippen LogP contribution in [0.25, 0.3) is 11.1 Å². The van der Waals surface area contributed by atoms with Crippen LogP contribution < -0.4 is 24.8 Å². The molecule has 0 radical (unpaired) electrons. The zero-order chi connectivity index (χ0) is 19.7. The van der Waals surface area contributed by atoms with Gasteiger partial charge in [0.15, 0.2) is 8.32 Å². The monoisotopic (exact) mass is 548 g/mol. The van der Waals surface area contributed by atoms with Crippen LogP contribution in [0.15, 0.2) is 66.3 Å². The minimum absolute atomic E-state index is 0. The smallest absolute Gasteiger partial charge is 1.00 e. The molecule has 1 nitrogen and oxygen atoms in total. The maximum Gasteiger partial charge on any atom is 2.00 e. The minimum Gasteiger partial charge on any atom is -1.00 e. The molecule has 2 atom stereocenters. The number of rotatable bonds is 7. The maximum absolute atomic E-state index is 6.78. The number of allylic oxidation sites excluding steroid dienone is 4. The average molecular weight is 551 g/mol. The average Bonchev–Trinajstić information content (AvgIpc) is 3.31. The molecular weight excluding hydrogens is 519 g/mol. The molecule has 4 rings (SSSR count). The van der Waals surface area contributed by atoms with Crippen LogP contribution in [0.2, 0.25) is 19.6 Å². The molecule has 2 aromatic carbocycles. The zero-order valence-electron chi connectivity index (χ0n) is 18.9. The second-order valence-electron chi connectivity index (χ2n) is 9.29. The van der Waals surface area contributed by atoms with Gasteiger partial charge in [-0.05, 0) is 79.1 Å². The van der Waals surface area contributed by atoms with Crippen molar-refractivity contribution in [2.75, 3.05) is 0 Å². The van der Waals surface area contributed by atoms with Gasteiger partial charge >= 0.3 is 26.2 Å². The predicted octanol–water partition coefficient (Wildman–Crippen LogP) is 1.46. The van der Waals surface area contributed by atoms with Crippen molar-refractivity contribution in [1.82, 2.24) is 0 Å². The van der Waals surface area contributed by atoms with E-state index < -0.39 is 8.32 Å². The second kappa shape index (κ2) is 12.1. The van der Waals surface area contributed by atoms with Crippen LogP contribution in [0.5, 0.6) is 0 Å². The topological polar surface area (TPSA) is 9.23 Å².